The van der Waals surface area contributed by atoms with Crippen molar-refractivity contribution in [2.45, 2.75) is 63.3 Å². The van der Waals surface area contributed by atoms with Crippen molar-refractivity contribution in [1.82, 2.24) is 14.9 Å². The van der Waals surface area contributed by atoms with Gasteiger partial charge in [0.05, 0.1) is 17.9 Å². The number of hydrogen-bond donors (Lipinski definition) is 0. The topological polar surface area (TPSA) is 50.7 Å². The fourth-order valence-electron chi connectivity index (χ4n) is 5.36. The van der Waals surface area contributed by atoms with Gasteiger partial charge in [-0.15, -0.1) is 0 Å². The average molecular weight is 507 g/mol. The van der Waals surface area contributed by atoms with Crippen molar-refractivity contribution in [3.8, 4) is 0 Å². The second kappa shape index (κ2) is 11.4. The first-order chi connectivity index (χ1) is 17.3. The molecule has 0 bridgehead atoms. The van der Waals surface area contributed by atoms with E-state index >= 15 is 0 Å². The fourth-order valence-corrected chi connectivity index (χ4v) is 5.36. The Morgan fingerprint density at radius 1 is 1.03 bits per heavy atom. The van der Waals surface area contributed by atoms with Gasteiger partial charge in [-0.1, -0.05) is 26.0 Å². The van der Waals surface area contributed by atoms with E-state index in [1.807, 2.05) is 23.2 Å². The minimum atomic E-state index is -4.43. The summed E-state index contributed by atoms with van der Waals surface area (Å²) >= 11 is 0. The Kier molecular flexibility index (Phi) is 8.52. The van der Waals surface area contributed by atoms with Crippen molar-refractivity contribution < 1.29 is 22.6 Å². The molecule has 0 radical (unpaired) electrons. The first kappa shape index (κ1) is 26.8. The molecule has 2 fully saturated rings. The second-order valence-electron chi connectivity index (χ2n) is 9.78. The summed E-state index contributed by atoms with van der Waals surface area (Å²) in [6.45, 7) is 9.38. The molecule has 4 heterocycles. The molecule has 198 valence electrons. The van der Waals surface area contributed by atoms with Crippen LogP contribution >= 0.6 is 0 Å². The molecule has 0 aromatic carbocycles. The summed E-state index contributed by atoms with van der Waals surface area (Å²) in [5, 5.41) is 0. The average Bonchev–Trinajstić information content (AvgIpc) is 2.91. The van der Waals surface area contributed by atoms with Crippen molar-refractivity contribution in [1.29, 1.82) is 0 Å². The lowest BCUT2D eigenvalue weighted by atomic mass is 9.77. The number of nitrogens with zero attached hydrogens (tertiary/aromatic N) is 4. The number of anilines is 1. The summed E-state index contributed by atoms with van der Waals surface area (Å²) < 4.78 is 51.9. The lowest BCUT2D eigenvalue weighted by molar-refractivity contribution is -0.192. The quantitative estimate of drug-likeness (QED) is 0.431. The number of hydrogen-bond acceptors (Lipinski definition) is 6. The normalized spacial score (nSPS) is 23.1. The highest BCUT2D eigenvalue weighted by atomic mass is 19.4. The third-order valence-corrected chi connectivity index (χ3v) is 7.66. The molecule has 0 amide bonds. The van der Waals surface area contributed by atoms with Crippen LogP contribution in [0.1, 0.15) is 57.3 Å². The van der Waals surface area contributed by atoms with Crippen molar-refractivity contribution in [2.75, 3.05) is 50.8 Å². The molecule has 1 atom stereocenters. The molecular formula is C27H37F3N4O2. The van der Waals surface area contributed by atoms with Gasteiger partial charge in [-0.2, -0.15) is 13.2 Å². The van der Waals surface area contributed by atoms with E-state index in [-0.39, 0.29) is 5.60 Å². The van der Waals surface area contributed by atoms with Crippen LogP contribution in [0.2, 0.25) is 0 Å². The van der Waals surface area contributed by atoms with Gasteiger partial charge < -0.3 is 14.4 Å². The van der Waals surface area contributed by atoms with Crippen molar-refractivity contribution in [3.05, 3.63) is 54.0 Å². The predicted molar refractivity (Wildman–Crippen MR) is 133 cm³/mol. The van der Waals surface area contributed by atoms with Crippen LogP contribution in [-0.2, 0) is 21.3 Å². The summed E-state index contributed by atoms with van der Waals surface area (Å²) in [5.74, 6) is 0.389. The van der Waals surface area contributed by atoms with Crippen molar-refractivity contribution >= 4 is 5.82 Å². The van der Waals surface area contributed by atoms with Gasteiger partial charge in [-0.3, -0.25) is 9.88 Å². The van der Waals surface area contributed by atoms with Gasteiger partial charge in [0.15, 0.2) is 0 Å². The monoisotopic (exact) mass is 506 g/mol. The third kappa shape index (κ3) is 6.18. The lowest BCUT2D eigenvalue weighted by Gasteiger charge is -2.47. The SMILES string of the molecule is CCC1(CC)CC(OCCCN2CCN(c3cccc(C(F)(F)F)n3)CC2)(c2ccccn2)CCO1. The Morgan fingerprint density at radius 3 is 2.47 bits per heavy atom. The van der Waals surface area contributed by atoms with Crippen LogP contribution < -0.4 is 4.90 Å². The Balaban J connectivity index is 1.30. The summed E-state index contributed by atoms with van der Waals surface area (Å²) in [6, 6.07) is 10.1. The maximum Gasteiger partial charge on any atom is 0.433 e. The molecule has 0 N–H and O–H groups in total. The van der Waals surface area contributed by atoms with Crippen molar-refractivity contribution in [3.63, 3.8) is 0 Å². The summed E-state index contributed by atoms with van der Waals surface area (Å²) in [5.41, 5.74) is -0.505. The van der Waals surface area contributed by atoms with E-state index < -0.39 is 17.5 Å². The highest BCUT2D eigenvalue weighted by Crippen LogP contribution is 2.44. The number of aromatic nitrogens is 2. The molecule has 2 aromatic heterocycles. The molecule has 9 heteroatoms. The fraction of sp³-hybridized carbons (Fsp3) is 0.630. The predicted octanol–water partition coefficient (Wildman–Crippen LogP) is 5.29. The zero-order valence-corrected chi connectivity index (χ0v) is 21.3. The van der Waals surface area contributed by atoms with Crippen LogP contribution in [0.5, 0.6) is 0 Å². The van der Waals surface area contributed by atoms with Crippen molar-refractivity contribution in [2.24, 2.45) is 0 Å². The molecule has 36 heavy (non-hydrogen) atoms. The van der Waals surface area contributed by atoms with Gasteiger partial charge >= 0.3 is 6.18 Å². The minimum absolute atomic E-state index is 0.191. The first-order valence-corrected chi connectivity index (χ1v) is 13.0. The molecule has 0 saturated carbocycles. The number of halogens is 3. The zero-order chi connectivity index (χ0) is 25.7. The van der Waals surface area contributed by atoms with Crippen LogP contribution in [-0.4, -0.2) is 66.4 Å². The van der Waals surface area contributed by atoms with E-state index in [0.717, 1.165) is 63.5 Å². The molecule has 1 unspecified atom stereocenters. The number of pyridine rings is 2. The summed E-state index contributed by atoms with van der Waals surface area (Å²) in [6.07, 6.45) is 1.74. The molecule has 2 aliphatic heterocycles. The molecule has 2 aromatic rings. The van der Waals surface area contributed by atoms with E-state index in [0.29, 0.717) is 32.1 Å². The van der Waals surface area contributed by atoms with Gasteiger partial charge in [-0.05, 0) is 43.5 Å². The maximum absolute atomic E-state index is 13.0. The standard InChI is InChI=1S/C27H37F3N4O2/c1-3-25(4-2)21-26(12-20-35-25,22-9-5-6-13-31-22)36-19-8-14-33-15-17-34(18-16-33)24-11-7-10-23(32-24)27(28,29)30/h5-7,9-11,13H,3-4,8,12,14-21H2,1-2H3. The molecule has 2 aliphatic rings. The minimum Gasteiger partial charge on any atom is -0.375 e. The highest BCUT2D eigenvalue weighted by Gasteiger charge is 2.46. The van der Waals surface area contributed by atoms with Gasteiger partial charge in [0.25, 0.3) is 0 Å². The lowest BCUT2D eigenvalue weighted by Crippen LogP contribution is -2.49. The Morgan fingerprint density at radius 2 is 1.81 bits per heavy atom. The molecule has 0 spiro atoms. The molecule has 2 saturated heterocycles. The molecule has 4 rings (SSSR count). The Labute approximate surface area is 211 Å². The number of piperazine rings is 1. The third-order valence-electron chi connectivity index (χ3n) is 7.66. The van der Waals surface area contributed by atoms with Crippen LogP contribution in [0.15, 0.2) is 42.6 Å². The van der Waals surface area contributed by atoms with Gasteiger partial charge in [0.2, 0.25) is 0 Å². The van der Waals surface area contributed by atoms with Gasteiger partial charge in [-0.25, -0.2) is 4.98 Å². The van der Waals surface area contributed by atoms with E-state index in [1.54, 1.807) is 6.07 Å². The highest BCUT2D eigenvalue weighted by molar-refractivity contribution is 5.40. The number of alkyl halides is 3. The van der Waals surface area contributed by atoms with Gasteiger partial charge in [0.1, 0.15) is 17.1 Å². The van der Waals surface area contributed by atoms with Crippen LogP contribution in [0.4, 0.5) is 19.0 Å². The number of rotatable bonds is 9. The van der Waals surface area contributed by atoms with E-state index in [1.165, 1.54) is 6.07 Å². The molecular weight excluding hydrogens is 469 g/mol. The smallest absolute Gasteiger partial charge is 0.375 e. The first-order valence-electron chi connectivity index (χ1n) is 13.0. The molecule has 0 aliphatic carbocycles. The molecule has 6 nitrogen and oxygen atoms in total. The van der Waals surface area contributed by atoms with E-state index in [4.69, 9.17) is 9.47 Å². The maximum atomic E-state index is 13.0. The summed E-state index contributed by atoms with van der Waals surface area (Å²) in [7, 11) is 0. The van der Waals surface area contributed by atoms with Crippen LogP contribution in [0.3, 0.4) is 0 Å². The van der Waals surface area contributed by atoms with Crippen LogP contribution in [0, 0.1) is 0 Å². The van der Waals surface area contributed by atoms with Crippen LogP contribution in [0.25, 0.3) is 0 Å². The summed E-state index contributed by atoms with van der Waals surface area (Å²) in [4.78, 5) is 12.8. The largest absolute Gasteiger partial charge is 0.433 e. The van der Waals surface area contributed by atoms with E-state index in [2.05, 4.69) is 34.8 Å². The zero-order valence-electron chi connectivity index (χ0n) is 21.3. The number of ether oxygens (including phenoxy) is 2. The second-order valence-corrected chi connectivity index (χ2v) is 9.78. The Hall–Kier alpha value is -2.23. The Bertz CT molecular complexity index is 963. The van der Waals surface area contributed by atoms with E-state index in [9.17, 15) is 13.2 Å². The van der Waals surface area contributed by atoms with Gasteiger partial charge in [0, 0.05) is 58.4 Å².